The Balaban J connectivity index is 2.44. The number of aliphatic hydroxyl groups is 3. The van der Waals surface area contributed by atoms with Crippen molar-refractivity contribution in [2.24, 2.45) is 11.8 Å². The molecule has 5 atom stereocenters. The molecule has 0 radical (unpaired) electrons. The Bertz CT molecular complexity index is 786. The quantitative estimate of drug-likeness (QED) is 0.258. The van der Waals surface area contributed by atoms with Crippen molar-refractivity contribution in [3.63, 3.8) is 0 Å². The van der Waals surface area contributed by atoms with E-state index in [0.717, 1.165) is 18.4 Å². The lowest BCUT2D eigenvalue weighted by molar-refractivity contribution is -0.171. The monoisotopic (exact) mass is 462 g/mol. The minimum atomic E-state index is -1.83. The van der Waals surface area contributed by atoms with Crippen LogP contribution in [-0.2, 0) is 14.3 Å². The molecule has 0 aromatic carbocycles. The molecule has 1 rings (SSSR count). The predicted molar refractivity (Wildman–Crippen MR) is 130 cm³/mol. The van der Waals surface area contributed by atoms with Crippen molar-refractivity contribution in [2.75, 3.05) is 0 Å². The van der Waals surface area contributed by atoms with Crippen LogP contribution in [0.4, 0.5) is 0 Å². The second-order valence-electron chi connectivity index (χ2n) is 9.28. The molecule has 0 aromatic heterocycles. The van der Waals surface area contributed by atoms with Crippen molar-refractivity contribution >= 4 is 11.6 Å². The highest BCUT2D eigenvalue weighted by molar-refractivity contribution is 6.02. The van der Waals surface area contributed by atoms with Crippen LogP contribution >= 0.6 is 0 Å². The van der Waals surface area contributed by atoms with Gasteiger partial charge >= 0.3 is 0 Å². The summed E-state index contributed by atoms with van der Waals surface area (Å²) >= 11 is 0. The summed E-state index contributed by atoms with van der Waals surface area (Å²) in [6.07, 6.45) is 11.9. The number of ether oxygens (including phenoxy) is 1. The molecule has 33 heavy (non-hydrogen) atoms. The fourth-order valence-corrected chi connectivity index (χ4v) is 3.74. The van der Waals surface area contributed by atoms with Gasteiger partial charge in [-0.25, -0.2) is 0 Å². The summed E-state index contributed by atoms with van der Waals surface area (Å²) in [4.78, 5) is 23.9. The van der Waals surface area contributed by atoms with E-state index in [1.54, 1.807) is 6.92 Å². The molecule has 0 saturated heterocycles. The van der Waals surface area contributed by atoms with E-state index in [1.165, 1.54) is 6.92 Å². The van der Waals surface area contributed by atoms with Gasteiger partial charge in [0.1, 0.15) is 11.5 Å². The summed E-state index contributed by atoms with van der Waals surface area (Å²) in [6, 6.07) is 0. The van der Waals surface area contributed by atoms with Crippen LogP contribution in [0.15, 0.2) is 47.3 Å². The fraction of sp³-hybridized carbons (Fsp3) is 0.630. The zero-order valence-corrected chi connectivity index (χ0v) is 21.0. The molecule has 0 saturated carbocycles. The number of allylic oxidation sites excluding steroid dienone is 4. The molecule has 1 aliphatic heterocycles. The van der Waals surface area contributed by atoms with E-state index in [4.69, 9.17) is 4.74 Å². The van der Waals surface area contributed by atoms with E-state index >= 15 is 0 Å². The van der Waals surface area contributed by atoms with Gasteiger partial charge in [-0.1, -0.05) is 57.6 Å². The largest absolute Gasteiger partial charge is 0.459 e. The van der Waals surface area contributed by atoms with Crippen LogP contribution in [0, 0.1) is 11.8 Å². The van der Waals surface area contributed by atoms with E-state index in [1.807, 2.05) is 51.2 Å². The lowest BCUT2D eigenvalue weighted by Gasteiger charge is -2.18. The number of carbonyl (C=O) groups is 2. The third kappa shape index (κ3) is 9.40. The first kappa shape index (κ1) is 29.0. The molecule has 6 heteroatoms. The third-order valence-corrected chi connectivity index (χ3v) is 6.01. The Morgan fingerprint density at radius 3 is 2.45 bits per heavy atom. The molecule has 0 aromatic rings. The van der Waals surface area contributed by atoms with Crippen LogP contribution in [0.3, 0.4) is 0 Å². The first-order valence-electron chi connectivity index (χ1n) is 12.0. The molecular weight excluding hydrogens is 420 g/mol. The first-order valence-corrected chi connectivity index (χ1v) is 12.0. The van der Waals surface area contributed by atoms with Crippen molar-refractivity contribution in [3.05, 3.63) is 47.3 Å². The van der Waals surface area contributed by atoms with Gasteiger partial charge in [0.05, 0.1) is 12.2 Å². The van der Waals surface area contributed by atoms with Gasteiger partial charge in [-0.3, -0.25) is 9.59 Å². The lowest BCUT2D eigenvalue weighted by Crippen LogP contribution is -2.32. The van der Waals surface area contributed by atoms with Crippen LogP contribution in [-0.4, -0.2) is 44.9 Å². The van der Waals surface area contributed by atoms with Crippen LogP contribution in [0.25, 0.3) is 0 Å². The first-order chi connectivity index (χ1) is 15.4. The highest BCUT2D eigenvalue weighted by atomic mass is 16.6. The molecular formula is C27H42O6. The number of rotatable bonds is 14. The van der Waals surface area contributed by atoms with Crippen molar-refractivity contribution in [1.29, 1.82) is 0 Å². The Hall–Kier alpha value is -2.02. The van der Waals surface area contributed by atoms with Crippen molar-refractivity contribution < 1.29 is 29.6 Å². The third-order valence-electron chi connectivity index (χ3n) is 6.01. The molecule has 6 nitrogen and oxygen atoms in total. The summed E-state index contributed by atoms with van der Waals surface area (Å²) in [6.45, 7) is 10.6. The van der Waals surface area contributed by atoms with Crippen molar-refractivity contribution in [3.8, 4) is 0 Å². The van der Waals surface area contributed by atoms with Crippen LogP contribution in [0.1, 0.15) is 80.1 Å². The number of Topliss-reactive ketones (excluding diaryl/α,β-unsaturated/α-hetero) is 2. The van der Waals surface area contributed by atoms with Gasteiger partial charge in [0.2, 0.25) is 5.78 Å². The van der Waals surface area contributed by atoms with Crippen LogP contribution < -0.4 is 0 Å². The van der Waals surface area contributed by atoms with Crippen molar-refractivity contribution in [2.45, 2.75) is 98.1 Å². The number of ketones is 2. The van der Waals surface area contributed by atoms with Gasteiger partial charge in [-0.2, -0.15) is 0 Å². The fourth-order valence-electron chi connectivity index (χ4n) is 3.74. The second kappa shape index (κ2) is 13.6. The molecule has 3 N–H and O–H groups in total. The van der Waals surface area contributed by atoms with Gasteiger partial charge in [0.25, 0.3) is 5.79 Å². The standard InChI is InChI=1S/C27H42O6/c1-7-8-15-23(29)19(3)16-20(4)25(30)18(2)13-11-9-10-12-14-22(28)17-24-21(5)26(31)27(6,32)33-24/h9-11,13,16,18-19,22,25,28,30,32H,7-8,12,14-15,17H2,1-6H3/t18-,19-,22-,25-,27?/m1/s1. The summed E-state index contributed by atoms with van der Waals surface area (Å²) in [7, 11) is 0. The Kier molecular flexibility index (Phi) is 12.0. The molecule has 0 bridgehead atoms. The van der Waals surface area contributed by atoms with Gasteiger partial charge in [-0.15, -0.1) is 0 Å². The molecule has 186 valence electrons. The number of hydrogen-bond donors (Lipinski definition) is 3. The van der Waals surface area contributed by atoms with Gasteiger partial charge < -0.3 is 20.1 Å². The molecule has 0 fully saturated rings. The summed E-state index contributed by atoms with van der Waals surface area (Å²) in [5.74, 6) is -2.04. The maximum Gasteiger partial charge on any atom is 0.269 e. The average Bonchev–Trinajstić information content (AvgIpc) is 2.95. The van der Waals surface area contributed by atoms with E-state index in [2.05, 4.69) is 6.92 Å². The van der Waals surface area contributed by atoms with Gasteiger partial charge in [0.15, 0.2) is 0 Å². The Morgan fingerprint density at radius 2 is 1.88 bits per heavy atom. The second-order valence-corrected chi connectivity index (χ2v) is 9.28. The summed E-state index contributed by atoms with van der Waals surface area (Å²) in [5, 5.41) is 30.6. The molecule has 0 spiro atoms. The SMILES string of the molecule is CCCCC(=O)[C@H](C)C=C(C)[C@H](O)[C@H](C)C=CC=CCC[C@@H](O)CC1=C(C)C(=O)C(C)(O)O1. The number of carbonyl (C=O) groups excluding carboxylic acids is 2. The van der Waals surface area contributed by atoms with Gasteiger partial charge in [-0.05, 0) is 38.7 Å². The van der Waals surface area contributed by atoms with E-state index in [0.29, 0.717) is 30.6 Å². The number of unbranched alkanes of at least 4 members (excludes halogenated alkanes) is 1. The number of hydrogen-bond acceptors (Lipinski definition) is 6. The predicted octanol–water partition coefficient (Wildman–Crippen LogP) is 4.55. The van der Waals surface area contributed by atoms with E-state index < -0.39 is 23.8 Å². The Labute approximate surface area is 198 Å². The summed E-state index contributed by atoms with van der Waals surface area (Å²) < 4.78 is 5.26. The van der Waals surface area contributed by atoms with E-state index in [9.17, 15) is 24.9 Å². The molecule has 1 heterocycles. The average molecular weight is 463 g/mol. The van der Waals surface area contributed by atoms with Gasteiger partial charge in [0, 0.05) is 37.2 Å². The smallest absolute Gasteiger partial charge is 0.269 e. The van der Waals surface area contributed by atoms with Crippen LogP contribution in [0.2, 0.25) is 0 Å². The van der Waals surface area contributed by atoms with E-state index in [-0.39, 0.29) is 24.0 Å². The highest BCUT2D eigenvalue weighted by Crippen LogP contribution is 2.31. The minimum Gasteiger partial charge on any atom is -0.459 e. The normalized spacial score (nSPS) is 23.3. The molecule has 0 aliphatic carbocycles. The molecule has 0 amide bonds. The van der Waals surface area contributed by atoms with Crippen LogP contribution in [0.5, 0.6) is 0 Å². The lowest BCUT2D eigenvalue weighted by atomic mass is 9.93. The summed E-state index contributed by atoms with van der Waals surface area (Å²) in [5.41, 5.74) is 1.15. The topological polar surface area (TPSA) is 104 Å². The number of aliphatic hydroxyl groups excluding tert-OH is 2. The maximum absolute atomic E-state index is 12.1. The van der Waals surface area contributed by atoms with Crippen molar-refractivity contribution in [1.82, 2.24) is 0 Å². The zero-order valence-electron chi connectivity index (χ0n) is 21.0. The zero-order chi connectivity index (χ0) is 25.2. The Morgan fingerprint density at radius 1 is 1.21 bits per heavy atom. The molecule has 1 aliphatic rings. The maximum atomic E-state index is 12.1. The molecule has 1 unspecified atom stereocenters. The minimum absolute atomic E-state index is 0.103. The highest BCUT2D eigenvalue weighted by Gasteiger charge is 2.42.